The van der Waals surface area contributed by atoms with E-state index < -0.39 is 16.1 Å². The van der Waals surface area contributed by atoms with Gasteiger partial charge in [-0.3, -0.25) is 0 Å². The molecule has 0 aliphatic carbocycles. The molecule has 2 aromatic rings. The summed E-state index contributed by atoms with van der Waals surface area (Å²) in [6.45, 7) is 1.40. The molecule has 1 aromatic carbocycles. The van der Waals surface area contributed by atoms with Crippen LogP contribution in [0.5, 0.6) is 0 Å². The summed E-state index contributed by atoms with van der Waals surface area (Å²) in [5.41, 5.74) is 0.954. The fourth-order valence-electron chi connectivity index (χ4n) is 1.86. The SMILES string of the molecule is Cc1ncc(S(=O)(=O)NC(CO)Cc2ccccc2)[nH]1. The van der Waals surface area contributed by atoms with Crippen molar-refractivity contribution in [2.24, 2.45) is 0 Å². The summed E-state index contributed by atoms with van der Waals surface area (Å²) >= 11 is 0. The Bertz CT molecular complexity index is 653. The zero-order chi connectivity index (χ0) is 14.6. The molecule has 7 heteroatoms. The molecule has 3 N–H and O–H groups in total. The number of aromatic nitrogens is 2. The molecule has 0 radical (unpaired) electrons. The van der Waals surface area contributed by atoms with Crippen LogP contribution in [0.1, 0.15) is 11.4 Å². The topological polar surface area (TPSA) is 95.1 Å². The van der Waals surface area contributed by atoms with Gasteiger partial charge in [-0.15, -0.1) is 0 Å². The number of aromatic amines is 1. The third-order valence-corrected chi connectivity index (χ3v) is 4.27. The normalized spacial score (nSPS) is 13.3. The molecule has 0 spiro atoms. The van der Waals surface area contributed by atoms with Crippen LogP contribution in [0, 0.1) is 6.92 Å². The monoisotopic (exact) mass is 295 g/mol. The van der Waals surface area contributed by atoms with Crippen molar-refractivity contribution in [3.8, 4) is 0 Å². The van der Waals surface area contributed by atoms with Crippen molar-refractivity contribution in [3.05, 3.63) is 47.9 Å². The van der Waals surface area contributed by atoms with Crippen LogP contribution in [0.25, 0.3) is 0 Å². The minimum Gasteiger partial charge on any atom is -0.395 e. The molecule has 1 heterocycles. The van der Waals surface area contributed by atoms with Gasteiger partial charge in [-0.2, -0.15) is 0 Å². The summed E-state index contributed by atoms with van der Waals surface area (Å²) in [5.74, 6) is 0.522. The quantitative estimate of drug-likeness (QED) is 0.727. The third kappa shape index (κ3) is 3.66. The van der Waals surface area contributed by atoms with E-state index in [1.807, 2.05) is 30.3 Å². The van der Waals surface area contributed by atoms with Crippen LogP contribution in [-0.4, -0.2) is 36.1 Å². The number of imidazole rings is 1. The number of hydrogen-bond donors (Lipinski definition) is 3. The van der Waals surface area contributed by atoms with Crippen LogP contribution in [0.2, 0.25) is 0 Å². The highest BCUT2D eigenvalue weighted by Crippen LogP contribution is 2.08. The van der Waals surface area contributed by atoms with Gasteiger partial charge in [-0.05, 0) is 18.9 Å². The molecule has 0 saturated heterocycles. The summed E-state index contributed by atoms with van der Waals surface area (Å²) in [6.07, 6.45) is 1.68. The van der Waals surface area contributed by atoms with Gasteiger partial charge in [-0.1, -0.05) is 30.3 Å². The highest BCUT2D eigenvalue weighted by molar-refractivity contribution is 7.89. The van der Waals surface area contributed by atoms with Crippen LogP contribution >= 0.6 is 0 Å². The molecule has 0 fully saturated rings. The molecule has 6 nitrogen and oxygen atoms in total. The molecule has 0 bridgehead atoms. The van der Waals surface area contributed by atoms with E-state index in [1.165, 1.54) is 6.20 Å². The van der Waals surface area contributed by atoms with E-state index in [0.29, 0.717) is 12.2 Å². The van der Waals surface area contributed by atoms with Crippen LogP contribution in [0.3, 0.4) is 0 Å². The minimum absolute atomic E-state index is 0.00140. The molecule has 1 atom stereocenters. The van der Waals surface area contributed by atoms with Gasteiger partial charge in [0.05, 0.1) is 12.8 Å². The predicted molar refractivity (Wildman–Crippen MR) is 74.7 cm³/mol. The van der Waals surface area contributed by atoms with E-state index in [9.17, 15) is 13.5 Å². The summed E-state index contributed by atoms with van der Waals surface area (Å²) < 4.78 is 26.7. The average molecular weight is 295 g/mol. The average Bonchev–Trinajstić information content (AvgIpc) is 2.86. The van der Waals surface area contributed by atoms with E-state index in [4.69, 9.17) is 0 Å². The minimum atomic E-state index is -3.70. The number of nitrogens with zero attached hydrogens (tertiary/aromatic N) is 1. The second kappa shape index (κ2) is 6.17. The van der Waals surface area contributed by atoms with E-state index >= 15 is 0 Å². The highest BCUT2D eigenvalue weighted by atomic mass is 32.2. The van der Waals surface area contributed by atoms with Gasteiger partial charge >= 0.3 is 0 Å². The van der Waals surface area contributed by atoms with Crippen LogP contribution in [0.15, 0.2) is 41.6 Å². The molecular weight excluding hydrogens is 278 g/mol. The largest absolute Gasteiger partial charge is 0.395 e. The predicted octanol–water partition coefficient (Wildman–Crippen LogP) is 0.600. The molecule has 0 aliphatic heterocycles. The Morgan fingerprint density at radius 2 is 2.05 bits per heavy atom. The number of rotatable bonds is 6. The lowest BCUT2D eigenvalue weighted by molar-refractivity contribution is 0.256. The standard InChI is InChI=1S/C13H17N3O3S/c1-10-14-8-13(15-10)20(18,19)16-12(9-17)7-11-5-3-2-4-6-11/h2-6,8,12,16-17H,7,9H2,1H3,(H,14,15). The van der Waals surface area contributed by atoms with Crippen molar-refractivity contribution in [3.63, 3.8) is 0 Å². The van der Waals surface area contributed by atoms with Gasteiger partial charge in [0.2, 0.25) is 0 Å². The van der Waals surface area contributed by atoms with Crippen molar-refractivity contribution >= 4 is 10.0 Å². The molecule has 20 heavy (non-hydrogen) atoms. The fourth-order valence-corrected chi connectivity index (χ4v) is 3.06. The van der Waals surface area contributed by atoms with Gasteiger partial charge in [0.25, 0.3) is 10.0 Å². The number of nitrogens with one attached hydrogen (secondary N) is 2. The van der Waals surface area contributed by atoms with Crippen molar-refractivity contribution in [2.45, 2.75) is 24.4 Å². The lowest BCUT2D eigenvalue weighted by Gasteiger charge is -2.15. The summed E-state index contributed by atoms with van der Waals surface area (Å²) in [6, 6.07) is 8.82. The maximum atomic E-state index is 12.1. The molecule has 0 amide bonds. The smallest absolute Gasteiger partial charge is 0.257 e. The van der Waals surface area contributed by atoms with E-state index in [-0.39, 0.29) is 11.6 Å². The zero-order valence-electron chi connectivity index (χ0n) is 11.1. The van der Waals surface area contributed by atoms with Gasteiger partial charge in [0.1, 0.15) is 5.82 Å². The third-order valence-electron chi connectivity index (χ3n) is 2.84. The molecule has 0 saturated carbocycles. The number of sulfonamides is 1. The Hall–Kier alpha value is -1.70. The van der Waals surface area contributed by atoms with Crippen molar-refractivity contribution in [2.75, 3.05) is 6.61 Å². The van der Waals surface area contributed by atoms with Crippen LogP contribution < -0.4 is 4.72 Å². The number of hydrogen-bond acceptors (Lipinski definition) is 4. The lowest BCUT2D eigenvalue weighted by Crippen LogP contribution is -2.39. The first-order chi connectivity index (χ1) is 9.51. The Kier molecular flexibility index (Phi) is 4.53. The Balaban J connectivity index is 2.10. The van der Waals surface area contributed by atoms with Gasteiger partial charge in [0, 0.05) is 6.04 Å². The first-order valence-electron chi connectivity index (χ1n) is 6.20. The number of H-pyrrole nitrogens is 1. The maximum Gasteiger partial charge on any atom is 0.257 e. The van der Waals surface area contributed by atoms with Crippen molar-refractivity contribution in [1.82, 2.24) is 14.7 Å². The van der Waals surface area contributed by atoms with E-state index in [2.05, 4.69) is 14.7 Å². The molecule has 1 aromatic heterocycles. The lowest BCUT2D eigenvalue weighted by atomic mass is 10.1. The Morgan fingerprint density at radius 1 is 1.35 bits per heavy atom. The number of benzene rings is 1. The van der Waals surface area contributed by atoms with Crippen LogP contribution in [0.4, 0.5) is 0 Å². The highest BCUT2D eigenvalue weighted by Gasteiger charge is 2.21. The molecular formula is C13H17N3O3S. The van der Waals surface area contributed by atoms with Gasteiger partial charge < -0.3 is 10.1 Å². The fraction of sp³-hybridized carbons (Fsp3) is 0.308. The zero-order valence-corrected chi connectivity index (χ0v) is 11.9. The number of aliphatic hydroxyl groups is 1. The summed E-state index contributed by atoms with van der Waals surface area (Å²) in [4.78, 5) is 6.53. The molecule has 108 valence electrons. The Morgan fingerprint density at radius 3 is 2.60 bits per heavy atom. The first kappa shape index (κ1) is 14.7. The summed E-state index contributed by atoms with van der Waals surface area (Å²) in [7, 11) is -3.70. The molecule has 2 rings (SSSR count). The molecule has 1 unspecified atom stereocenters. The second-order valence-electron chi connectivity index (χ2n) is 4.52. The molecule has 0 aliphatic rings. The summed E-state index contributed by atoms with van der Waals surface area (Å²) in [5, 5.41) is 9.35. The number of aliphatic hydroxyl groups excluding tert-OH is 1. The van der Waals surface area contributed by atoms with Gasteiger partial charge in [-0.25, -0.2) is 18.1 Å². The van der Waals surface area contributed by atoms with E-state index in [0.717, 1.165) is 5.56 Å². The first-order valence-corrected chi connectivity index (χ1v) is 7.68. The van der Waals surface area contributed by atoms with Crippen LogP contribution in [-0.2, 0) is 16.4 Å². The Labute approximate surface area is 117 Å². The van der Waals surface area contributed by atoms with E-state index in [1.54, 1.807) is 6.92 Å². The van der Waals surface area contributed by atoms with Crippen molar-refractivity contribution in [1.29, 1.82) is 0 Å². The number of aryl methyl sites for hydroxylation is 1. The second-order valence-corrected chi connectivity index (χ2v) is 6.21. The maximum absolute atomic E-state index is 12.1. The van der Waals surface area contributed by atoms with Crippen molar-refractivity contribution < 1.29 is 13.5 Å². The van der Waals surface area contributed by atoms with Gasteiger partial charge in [0.15, 0.2) is 5.03 Å².